The highest BCUT2D eigenvalue weighted by Gasteiger charge is 2.42. The van der Waals surface area contributed by atoms with Crippen molar-refractivity contribution in [2.45, 2.75) is 13.2 Å². The van der Waals surface area contributed by atoms with Crippen molar-refractivity contribution in [1.82, 2.24) is 0 Å². The molecule has 1 fully saturated rings. The fourth-order valence-corrected chi connectivity index (χ4v) is 2.65. The normalized spacial score (nSPS) is 20.1. The Morgan fingerprint density at radius 3 is 1.50 bits per heavy atom. The number of rotatable bonds is 8. The van der Waals surface area contributed by atoms with Gasteiger partial charge in [-0.3, -0.25) is 0 Å². The van der Waals surface area contributed by atoms with Gasteiger partial charge in [-0.05, 0) is 11.1 Å². The SMILES string of the molecule is C=C1[C@@H](COCc2ccccc2)[C@H]1COCc1ccccc1. The van der Waals surface area contributed by atoms with E-state index in [-0.39, 0.29) is 0 Å². The third kappa shape index (κ3) is 4.06. The van der Waals surface area contributed by atoms with Crippen LogP contribution in [0.25, 0.3) is 0 Å². The molecular weight excluding hydrogens is 272 g/mol. The van der Waals surface area contributed by atoms with Gasteiger partial charge in [0.15, 0.2) is 0 Å². The summed E-state index contributed by atoms with van der Waals surface area (Å²) in [5.74, 6) is 0.916. The Morgan fingerprint density at radius 2 is 1.09 bits per heavy atom. The maximum absolute atomic E-state index is 5.79. The Bertz CT molecular complexity index is 538. The fraction of sp³-hybridized carbons (Fsp3) is 0.300. The molecule has 0 heterocycles. The van der Waals surface area contributed by atoms with Crippen LogP contribution in [0.5, 0.6) is 0 Å². The molecule has 2 nitrogen and oxygen atoms in total. The molecule has 1 aliphatic rings. The fourth-order valence-electron chi connectivity index (χ4n) is 2.65. The summed E-state index contributed by atoms with van der Waals surface area (Å²) < 4.78 is 11.6. The smallest absolute Gasteiger partial charge is 0.0717 e. The molecule has 0 N–H and O–H groups in total. The molecule has 0 unspecified atom stereocenters. The van der Waals surface area contributed by atoms with Crippen LogP contribution < -0.4 is 0 Å². The summed E-state index contributed by atoms with van der Waals surface area (Å²) in [7, 11) is 0. The second-order valence-corrected chi connectivity index (χ2v) is 5.79. The van der Waals surface area contributed by atoms with Crippen molar-refractivity contribution < 1.29 is 9.47 Å². The lowest BCUT2D eigenvalue weighted by Crippen LogP contribution is -2.03. The van der Waals surface area contributed by atoms with E-state index in [4.69, 9.17) is 9.47 Å². The minimum atomic E-state index is 0.458. The molecule has 2 aromatic carbocycles. The zero-order valence-electron chi connectivity index (χ0n) is 12.8. The van der Waals surface area contributed by atoms with Crippen LogP contribution in [-0.4, -0.2) is 13.2 Å². The molecule has 3 rings (SSSR count). The molecule has 0 amide bonds. The van der Waals surface area contributed by atoms with Crippen molar-refractivity contribution in [3.8, 4) is 0 Å². The lowest BCUT2D eigenvalue weighted by molar-refractivity contribution is 0.0840. The molecule has 2 atom stereocenters. The Hall–Kier alpha value is -1.90. The van der Waals surface area contributed by atoms with Crippen LogP contribution in [0.15, 0.2) is 72.8 Å². The zero-order valence-corrected chi connectivity index (χ0v) is 12.8. The summed E-state index contributed by atoms with van der Waals surface area (Å²) in [6.45, 7) is 6.94. The summed E-state index contributed by atoms with van der Waals surface area (Å²) in [5.41, 5.74) is 3.69. The van der Waals surface area contributed by atoms with Crippen LogP contribution in [0.2, 0.25) is 0 Å². The van der Waals surface area contributed by atoms with Gasteiger partial charge in [0.25, 0.3) is 0 Å². The monoisotopic (exact) mass is 294 g/mol. The van der Waals surface area contributed by atoms with Crippen molar-refractivity contribution >= 4 is 0 Å². The minimum absolute atomic E-state index is 0.458. The molecule has 0 aliphatic heterocycles. The van der Waals surface area contributed by atoms with Crippen LogP contribution >= 0.6 is 0 Å². The van der Waals surface area contributed by atoms with Crippen LogP contribution in [0, 0.1) is 11.8 Å². The van der Waals surface area contributed by atoms with E-state index in [1.807, 2.05) is 36.4 Å². The summed E-state index contributed by atoms with van der Waals surface area (Å²) in [5, 5.41) is 0. The molecule has 114 valence electrons. The molecule has 0 saturated heterocycles. The zero-order chi connectivity index (χ0) is 15.2. The highest BCUT2D eigenvalue weighted by molar-refractivity contribution is 5.26. The number of ether oxygens (including phenoxy) is 2. The number of hydrogen-bond acceptors (Lipinski definition) is 2. The Labute approximate surface area is 132 Å². The van der Waals surface area contributed by atoms with Crippen LogP contribution in [0.3, 0.4) is 0 Å². The first-order valence-electron chi connectivity index (χ1n) is 7.76. The lowest BCUT2D eigenvalue weighted by atomic mass is 10.2. The van der Waals surface area contributed by atoms with Crippen molar-refractivity contribution in [2.75, 3.05) is 13.2 Å². The van der Waals surface area contributed by atoms with Gasteiger partial charge in [0.2, 0.25) is 0 Å². The van der Waals surface area contributed by atoms with Crippen molar-refractivity contribution in [3.05, 3.63) is 83.9 Å². The second kappa shape index (κ2) is 7.39. The molecule has 1 saturated carbocycles. The highest BCUT2D eigenvalue weighted by Crippen LogP contribution is 2.44. The Morgan fingerprint density at radius 1 is 0.682 bits per heavy atom. The van der Waals surface area contributed by atoms with Crippen molar-refractivity contribution in [2.24, 2.45) is 11.8 Å². The van der Waals surface area contributed by atoms with Gasteiger partial charge in [-0.2, -0.15) is 0 Å². The predicted molar refractivity (Wildman–Crippen MR) is 88.3 cm³/mol. The molecule has 0 bridgehead atoms. The van der Waals surface area contributed by atoms with E-state index < -0.39 is 0 Å². The van der Waals surface area contributed by atoms with Gasteiger partial charge in [0.05, 0.1) is 26.4 Å². The van der Waals surface area contributed by atoms with E-state index in [9.17, 15) is 0 Å². The third-order valence-electron chi connectivity index (χ3n) is 4.15. The predicted octanol–water partition coefficient (Wildman–Crippen LogP) is 4.22. The first kappa shape index (κ1) is 15.0. The average Bonchev–Trinajstić information content (AvgIpc) is 3.18. The van der Waals surface area contributed by atoms with E-state index in [2.05, 4.69) is 30.8 Å². The maximum atomic E-state index is 5.79. The molecule has 22 heavy (non-hydrogen) atoms. The summed E-state index contributed by atoms with van der Waals surface area (Å²) in [6.07, 6.45) is 0. The molecule has 2 heteroatoms. The standard InChI is InChI=1S/C20H22O2/c1-16-19(14-21-12-17-8-4-2-5-9-17)20(16)15-22-13-18-10-6-3-7-11-18/h2-11,19-20H,1,12-15H2/t19-,20+. The second-order valence-electron chi connectivity index (χ2n) is 5.79. The van der Waals surface area contributed by atoms with E-state index in [0.717, 1.165) is 13.2 Å². The Kier molecular flexibility index (Phi) is 5.04. The van der Waals surface area contributed by atoms with E-state index in [1.165, 1.54) is 16.7 Å². The van der Waals surface area contributed by atoms with Gasteiger partial charge in [-0.15, -0.1) is 0 Å². The largest absolute Gasteiger partial charge is 0.376 e. The van der Waals surface area contributed by atoms with Crippen LogP contribution in [0.1, 0.15) is 11.1 Å². The highest BCUT2D eigenvalue weighted by atomic mass is 16.5. The van der Waals surface area contributed by atoms with E-state index >= 15 is 0 Å². The molecule has 0 spiro atoms. The van der Waals surface area contributed by atoms with Crippen molar-refractivity contribution in [1.29, 1.82) is 0 Å². The molecule has 0 aromatic heterocycles. The quantitative estimate of drug-likeness (QED) is 0.679. The first-order valence-corrected chi connectivity index (χ1v) is 7.76. The molecule has 2 aromatic rings. The Balaban J connectivity index is 1.34. The summed E-state index contributed by atoms with van der Waals surface area (Å²) in [6, 6.07) is 20.5. The topological polar surface area (TPSA) is 18.5 Å². The van der Waals surface area contributed by atoms with Crippen LogP contribution in [0.4, 0.5) is 0 Å². The maximum Gasteiger partial charge on any atom is 0.0717 e. The summed E-state index contributed by atoms with van der Waals surface area (Å²) in [4.78, 5) is 0. The van der Waals surface area contributed by atoms with Gasteiger partial charge in [-0.25, -0.2) is 0 Å². The minimum Gasteiger partial charge on any atom is -0.376 e. The third-order valence-corrected chi connectivity index (χ3v) is 4.15. The van der Waals surface area contributed by atoms with E-state index in [1.54, 1.807) is 0 Å². The number of benzene rings is 2. The van der Waals surface area contributed by atoms with E-state index in [0.29, 0.717) is 25.0 Å². The van der Waals surface area contributed by atoms with Gasteiger partial charge in [0.1, 0.15) is 0 Å². The van der Waals surface area contributed by atoms with Gasteiger partial charge >= 0.3 is 0 Å². The lowest BCUT2D eigenvalue weighted by Gasteiger charge is -2.05. The van der Waals surface area contributed by atoms with Crippen LogP contribution in [-0.2, 0) is 22.7 Å². The average molecular weight is 294 g/mol. The first-order chi connectivity index (χ1) is 10.8. The van der Waals surface area contributed by atoms with Crippen molar-refractivity contribution in [3.63, 3.8) is 0 Å². The van der Waals surface area contributed by atoms with Gasteiger partial charge in [-0.1, -0.05) is 72.8 Å². The van der Waals surface area contributed by atoms with Gasteiger partial charge < -0.3 is 9.47 Å². The molecule has 0 radical (unpaired) electrons. The number of hydrogen-bond donors (Lipinski definition) is 0. The molecule has 1 aliphatic carbocycles. The summed E-state index contributed by atoms with van der Waals surface area (Å²) >= 11 is 0. The molecular formula is C20H22O2. The van der Waals surface area contributed by atoms with Gasteiger partial charge in [0, 0.05) is 11.8 Å².